The molecule has 1 aromatic heterocycles. The number of nitrogens with one attached hydrogen (secondary N) is 1. The Morgan fingerprint density at radius 3 is 2.95 bits per heavy atom. The highest BCUT2D eigenvalue weighted by Gasteiger charge is 2.30. The molecule has 0 aromatic carbocycles. The Bertz CT molecular complexity index is 545. The van der Waals surface area contributed by atoms with E-state index in [9.17, 15) is 13.2 Å². The van der Waals surface area contributed by atoms with Gasteiger partial charge >= 0.3 is 5.97 Å². The van der Waals surface area contributed by atoms with Crippen molar-refractivity contribution in [3.8, 4) is 0 Å². The minimum Gasteiger partial charge on any atom is -0.465 e. The lowest BCUT2D eigenvalue weighted by molar-refractivity contribution is 0.0602. The van der Waals surface area contributed by atoms with Crippen LogP contribution in [0.1, 0.15) is 16.1 Å². The molecule has 0 saturated carbocycles. The predicted molar refractivity (Wildman–Crippen MR) is 71.9 cm³/mol. The molecule has 2 heterocycles. The van der Waals surface area contributed by atoms with E-state index >= 15 is 0 Å². The number of carbonyl (C=O) groups excluding carboxylic acids is 1. The van der Waals surface area contributed by atoms with E-state index in [4.69, 9.17) is 0 Å². The van der Waals surface area contributed by atoms with Gasteiger partial charge in [-0.2, -0.15) is 4.31 Å². The van der Waals surface area contributed by atoms with Gasteiger partial charge < -0.3 is 10.1 Å². The highest BCUT2D eigenvalue weighted by Crippen LogP contribution is 2.26. The normalized spacial score (nSPS) is 17.9. The molecule has 0 amide bonds. The maximum absolute atomic E-state index is 12.5. The Kier molecular flexibility index (Phi) is 4.56. The zero-order chi connectivity index (χ0) is 13.9. The van der Waals surface area contributed by atoms with Crippen LogP contribution in [0.25, 0.3) is 0 Å². The zero-order valence-electron chi connectivity index (χ0n) is 10.6. The molecule has 106 valence electrons. The van der Waals surface area contributed by atoms with Gasteiger partial charge in [-0.25, -0.2) is 13.2 Å². The van der Waals surface area contributed by atoms with Crippen molar-refractivity contribution in [3.05, 3.63) is 16.3 Å². The fraction of sp³-hybridized carbons (Fsp3) is 0.545. The van der Waals surface area contributed by atoms with Crippen LogP contribution < -0.4 is 5.32 Å². The first-order chi connectivity index (χ1) is 9.07. The van der Waals surface area contributed by atoms with Gasteiger partial charge in [0.25, 0.3) is 0 Å². The van der Waals surface area contributed by atoms with Crippen molar-refractivity contribution < 1.29 is 17.9 Å². The smallest absolute Gasteiger partial charge is 0.349 e. The van der Waals surface area contributed by atoms with Crippen molar-refractivity contribution in [2.24, 2.45) is 0 Å². The maximum Gasteiger partial charge on any atom is 0.349 e. The first-order valence-electron chi connectivity index (χ1n) is 5.94. The maximum atomic E-state index is 12.5. The number of rotatable bonds is 3. The summed E-state index contributed by atoms with van der Waals surface area (Å²) in [6.45, 7) is 2.31. The second-order valence-corrected chi connectivity index (χ2v) is 6.94. The van der Waals surface area contributed by atoms with E-state index in [0.29, 0.717) is 19.6 Å². The van der Waals surface area contributed by atoms with Crippen LogP contribution in [0.3, 0.4) is 0 Å². The number of hydrogen-bond donors (Lipinski definition) is 1. The van der Waals surface area contributed by atoms with Crippen molar-refractivity contribution in [1.29, 1.82) is 0 Å². The van der Waals surface area contributed by atoms with Gasteiger partial charge in [-0.3, -0.25) is 0 Å². The Hall–Kier alpha value is -0.960. The van der Waals surface area contributed by atoms with E-state index in [-0.39, 0.29) is 9.77 Å². The first-order valence-corrected chi connectivity index (χ1v) is 8.26. The van der Waals surface area contributed by atoms with Crippen molar-refractivity contribution in [1.82, 2.24) is 9.62 Å². The summed E-state index contributed by atoms with van der Waals surface area (Å²) in [6, 6.07) is 1.46. The van der Waals surface area contributed by atoms with Gasteiger partial charge in [0, 0.05) is 19.6 Å². The number of sulfonamides is 1. The standard InChI is InChI=1S/C11H16N2O4S2/c1-17-11(14)10-9(3-8-18-10)19(15,16)13-6-2-4-12-5-7-13/h3,8,12H,2,4-7H2,1H3. The molecule has 0 unspecified atom stereocenters. The van der Waals surface area contributed by atoms with Gasteiger partial charge in [-0.1, -0.05) is 0 Å². The predicted octanol–water partition coefficient (Wildman–Crippen LogP) is 0.519. The molecule has 0 radical (unpaired) electrons. The second-order valence-electron chi connectivity index (χ2n) is 4.11. The lowest BCUT2D eigenvalue weighted by Crippen LogP contribution is -2.34. The molecule has 8 heteroatoms. The van der Waals surface area contributed by atoms with Crippen LogP contribution in [0.15, 0.2) is 16.3 Å². The van der Waals surface area contributed by atoms with Crippen molar-refractivity contribution in [3.63, 3.8) is 0 Å². The third-order valence-corrected chi connectivity index (χ3v) is 5.88. The Morgan fingerprint density at radius 2 is 2.21 bits per heavy atom. The lowest BCUT2D eigenvalue weighted by Gasteiger charge is -2.19. The fourth-order valence-corrected chi connectivity index (χ4v) is 4.73. The molecular weight excluding hydrogens is 288 g/mol. The van der Waals surface area contributed by atoms with Gasteiger partial charge in [0.15, 0.2) is 0 Å². The van der Waals surface area contributed by atoms with Crippen molar-refractivity contribution in [2.45, 2.75) is 11.3 Å². The van der Waals surface area contributed by atoms with Crippen LogP contribution in [0.4, 0.5) is 0 Å². The summed E-state index contributed by atoms with van der Waals surface area (Å²) >= 11 is 1.08. The Balaban J connectivity index is 2.33. The van der Waals surface area contributed by atoms with Crippen molar-refractivity contribution >= 4 is 27.3 Å². The molecular formula is C11H16N2O4S2. The number of nitrogens with zero attached hydrogens (tertiary/aromatic N) is 1. The molecule has 6 nitrogen and oxygen atoms in total. The molecule has 0 aliphatic carbocycles. The Labute approximate surface area is 116 Å². The van der Waals surface area contributed by atoms with Gasteiger partial charge in [0.1, 0.15) is 9.77 Å². The number of thiophene rings is 1. The summed E-state index contributed by atoms with van der Waals surface area (Å²) in [5.74, 6) is -0.610. The average Bonchev–Trinajstić information content (AvgIpc) is 2.73. The quantitative estimate of drug-likeness (QED) is 0.824. The van der Waals surface area contributed by atoms with Crippen LogP contribution in [-0.4, -0.2) is 52.0 Å². The van der Waals surface area contributed by atoms with E-state index in [0.717, 1.165) is 24.3 Å². The van der Waals surface area contributed by atoms with Crippen LogP contribution in [-0.2, 0) is 14.8 Å². The molecule has 19 heavy (non-hydrogen) atoms. The highest BCUT2D eigenvalue weighted by molar-refractivity contribution is 7.89. The van der Waals surface area contributed by atoms with Crippen LogP contribution in [0.2, 0.25) is 0 Å². The molecule has 1 aliphatic rings. The number of ether oxygens (including phenoxy) is 1. The average molecular weight is 304 g/mol. The van der Waals surface area contributed by atoms with Crippen LogP contribution >= 0.6 is 11.3 Å². The molecule has 0 spiro atoms. The molecule has 1 saturated heterocycles. The number of carbonyl (C=O) groups is 1. The Morgan fingerprint density at radius 1 is 1.42 bits per heavy atom. The number of esters is 1. The summed E-state index contributed by atoms with van der Waals surface area (Å²) in [5.41, 5.74) is 0. The molecule has 1 fully saturated rings. The van der Waals surface area contributed by atoms with E-state index in [1.54, 1.807) is 5.38 Å². The molecule has 0 bridgehead atoms. The third kappa shape index (κ3) is 2.97. The largest absolute Gasteiger partial charge is 0.465 e. The van der Waals surface area contributed by atoms with Crippen molar-refractivity contribution in [2.75, 3.05) is 33.3 Å². The number of hydrogen-bond acceptors (Lipinski definition) is 6. The fourth-order valence-electron chi connectivity index (χ4n) is 1.94. The monoisotopic (exact) mass is 304 g/mol. The molecule has 2 rings (SSSR count). The van der Waals surface area contributed by atoms with E-state index in [1.165, 1.54) is 17.5 Å². The minimum atomic E-state index is -3.62. The van der Waals surface area contributed by atoms with Crippen LogP contribution in [0.5, 0.6) is 0 Å². The topological polar surface area (TPSA) is 75.7 Å². The van der Waals surface area contributed by atoms with E-state index in [1.807, 2.05) is 0 Å². The summed E-state index contributed by atoms with van der Waals surface area (Å²) < 4.78 is 31.1. The summed E-state index contributed by atoms with van der Waals surface area (Å²) in [7, 11) is -2.38. The number of methoxy groups -OCH3 is 1. The van der Waals surface area contributed by atoms with Gasteiger partial charge in [-0.15, -0.1) is 11.3 Å². The first kappa shape index (κ1) is 14.4. The summed E-state index contributed by atoms with van der Waals surface area (Å²) in [6.07, 6.45) is 0.761. The van der Waals surface area contributed by atoms with Gasteiger partial charge in [0.2, 0.25) is 10.0 Å². The lowest BCUT2D eigenvalue weighted by atomic mass is 10.4. The van der Waals surface area contributed by atoms with Gasteiger partial charge in [0.05, 0.1) is 7.11 Å². The van der Waals surface area contributed by atoms with Crippen LogP contribution in [0, 0.1) is 0 Å². The highest BCUT2D eigenvalue weighted by atomic mass is 32.2. The minimum absolute atomic E-state index is 0.0475. The molecule has 1 aliphatic heterocycles. The van der Waals surface area contributed by atoms with Gasteiger partial charge in [-0.05, 0) is 24.4 Å². The second kappa shape index (κ2) is 6.00. The summed E-state index contributed by atoms with van der Waals surface area (Å²) in [4.78, 5) is 11.8. The molecule has 0 atom stereocenters. The van der Waals surface area contributed by atoms with E-state index < -0.39 is 16.0 Å². The SMILES string of the molecule is COC(=O)c1sccc1S(=O)(=O)N1CCCNCC1. The molecule has 1 N–H and O–H groups in total. The summed E-state index contributed by atoms with van der Waals surface area (Å²) in [5, 5.41) is 4.74. The third-order valence-electron chi connectivity index (χ3n) is 2.92. The van der Waals surface area contributed by atoms with E-state index in [2.05, 4.69) is 10.1 Å². The molecule has 1 aromatic rings. The zero-order valence-corrected chi connectivity index (χ0v) is 12.2.